The van der Waals surface area contributed by atoms with Crippen molar-refractivity contribution in [2.45, 2.75) is 12.8 Å². The minimum Gasteiger partial charge on any atom is -0.493 e. The molecule has 0 unspecified atom stereocenters. The van der Waals surface area contributed by atoms with Gasteiger partial charge in [0.2, 0.25) is 0 Å². The third-order valence-electron chi connectivity index (χ3n) is 3.01. The molecule has 18 heavy (non-hydrogen) atoms. The predicted octanol–water partition coefficient (Wildman–Crippen LogP) is 4.03. The highest BCUT2D eigenvalue weighted by atomic mass is 35.5. The van der Waals surface area contributed by atoms with Gasteiger partial charge in [0.25, 0.3) is 0 Å². The third kappa shape index (κ3) is 2.70. The first kappa shape index (κ1) is 13.0. The number of fused-ring (bicyclic) bond motifs is 1. The zero-order chi connectivity index (χ0) is 13.0. The number of methoxy groups -OCH3 is 2. The normalized spacial score (nSPS) is 10.6. The lowest BCUT2D eigenvalue weighted by atomic mass is 10.0. The molecule has 0 saturated heterocycles. The van der Waals surface area contributed by atoms with Gasteiger partial charge in [0.15, 0.2) is 11.5 Å². The summed E-state index contributed by atoms with van der Waals surface area (Å²) in [6.45, 7) is 0. The van der Waals surface area contributed by atoms with E-state index < -0.39 is 0 Å². The van der Waals surface area contributed by atoms with Crippen molar-refractivity contribution in [3.05, 3.63) is 35.9 Å². The molecule has 0 bridgehead atoms. The van der Waals surface area contributed by atoms with Crippen molar-refractivity contribution in [2.75, 3.05) is 20.1 Å². The molecule has 0 heterocycles. The Kier molecular flexibility index (Phi) is 4.32. The Balaban J connectivity index is 2.42. The Morgan fingerprint density at radius 1 is 0.944 bits per heavy atom. The second kappa shape index (κ2) is 5.96. The quantitative estimate of drug-likeness (QED) is 0.759. The van der Waals surface area contributed by atoms with E-state index >= 15 is 0 Å². The van der Waals surface area contributed by atoms with Crippen LogP contribution in [0.4, 0.5) is 0 Å². The maximum absolute atomic E-state index is 5.72. The molecule has 0 spiro atoms. The van der Waals surface area contributed by atoms with Crippen LogP contribution in [-0.4, -0.2) is 20.1 Å². The van der Waals surface area contributed by atoms with Crippen molar-refractivity contribution in [2.24, 2.45) is 0 Å². The van der Waals surface area contributed by atoms with Gasteiger partial charge in [0.05, 0.1) is 14.2 Å². The van der Waals surface area contributed by atoms with Crippen LogP contribution in [0.3, 0.4) is 0 Å². The SMILES string of the molecule is COc1cc2ccc(CCCCl)cc2cc1OC. The standard InChI is InChI=1S/C15H17ClO2/c1-17-14-9-12-6-5-11(4-3-7-16)8-13(12)10-15(14)18-2/h5-6,8-10H,3-4,7H2,1-2H3. The van der Waals surface area contributed by atoms with Gasteiger partial charge in [0, 0.05) is 5.88 Å². The summed E-state index contributed by atoms with van der Waals surface area (Å²) in [5.41, 5.74) is 1.30. The van der Waals surface area contributed by atoms with E-state index in [-0.39, 0.29) is 0 Å². The summed E-state index contributed by atoms with van der Waals surface area (Å²) in [4.78, 5) is 0. The van der Waals surface area contributed by atoms with E-state index in [4.69, 9.17) is 21.1 Å². The molecule has 0 fully saturated rings. The van der Waals surface area contributed by atoms with Crippen LogP contribution < -0.4 is 9.47 Å². The zero-order valence-electron chi connectivity index (χ0n) is 10.7. The van der Waals surface area contributed by atoms with Crippen LogP contribution >= 0.6 is 11.6 Å². The molecule has 0 atom stereocenters. The number of hydrogen-bond acceptors (Lipinski definition) is 2. The molecule has 0 aliphatic heterocycles. The van der Waals surface area contributed by atoms with E-state index in [2.05, 4.69) is 18.2 Å². The molecule has 2 nitrogen and oxygen atoms in total. The molecule has 0 saturated carbocycles. The van der Waals surface area contributed by atoms with Gasteiger partial charge in [0.1, 0.15) is 0 Å². The first-order valence-electron chi connectivity index (χ1n) is 5.99. The number of aryl methyl sites for hydroxylation is 1. The van der Waals surface area contributed by atoms with Gasteiger partial charge in [-0.05, 0) is 41.3 Å². The lowest BCUT2D eigenvalue weighted by Gasteiger charge is -2.10. The molecular weight excluding hydrogens is 248 g/mol. The molecular formula is C15H17ClO2. The van der Waals surface area contributed by atoms with Gasteiger partial charge in [-0.3, -0.25) is 0 Å². The van der Waals surface area contributed by atoms with E-state index in [0.717, 1.165) is 29.7 Å². The van der Waals surface area contributed by atoms with Crippen LogP contribution in [-0.2, 0) is 6.42 Å². The maximum Gasteiger partial charge on any atom is 0.161 e. The third-order valence-corrected chi connectivity index (χ3v) is 3.27. The number of benzene rings is 2. The minimum atomic E-state index is 0.698. The highest BCUT2D eigenvalue weighted by Gasteiger charge is 2.06. The van der Waals surface area contributed by atoms with E-state index in [1.54, 1.807) is 14.2 Å². The van der Waals surface area contributed by atoms with E-state index in [9.17, 15) is 0 Å². The monoisotopic (exact) mass is 264 g/mol. The molecule has 0 N–H and O–H groups in total. The van der Waals surface area contributed by atoms with E-state index in [0.29, 0.717) is 5.88 Å². The molecule has 0 radical (unpaired) electrons. The van der Waals surface area contributed by atoms with Crippen molar-refractivity contribution >= 4 is 22.4 Å². The Labute approximate surface area is 112 Å². The Morgan fingerprint density at radius 2 is 1.61 bits per heavy atom. The van der Waals surface area contributed by atoms with Gasteiger partial charge < -0.3 is 9.47 Å². The number of halogens is 1. The molecule has 96 valence electrons. The fourth-order valence-corrected chi connectivity index (χ4v) is 2.18. The molecule has 2 aromatic rings. The Bertz CT molecular complexity index is 537. The van der Waals surface area contributed by atoms with Crippen LogP contribution in [0.1, 0.15) is 12.0 Å². The fourth-order valence-electron chi connectivity index (χ4n) is 2.05. The van der Waals surface area contributed by atoms with Crippen LogP contribution in [0.25, 0.3) is 10.8 Å². The van der Waals surface area contributed by atoms with Crippen molar-refractivity contribution in [3.8, 4) is 11.5 Å². The topological polar surface area (TPSA) is 18.5 Å². The highest BCUT2D eigenvalue weighted by molar-refractivity contribution is 6.17. The number of hydrogen-bond donors (Lipinski definition) is 0. The van der Waals surface area contributed by atoms with Crippen molar-refractivity contribution in [1.29, 1.82) is 0 Å². The van der Waals surface area contributed by atoms with Crippen LogP contribution in [0, 0.1) is 0 Å². The van der Waals surface area contributed by atoms with Gasteiger partial charge in [-0.2, -0.15) is 0 Å². The van der Waals surface area contributed by atoms with Gasteiger partial charge in [-0.15, -0.1) is 11.6 Å². The second-order valence-electron chi connectivity index (χ2n) is 4.18. The molecule has 3 heteroatoms. The first-order chi connectivity index (χ1) is 8.78. The van der Waals surface area contributed by atoms with Crippen molar-refractivity contribution in [3.63, 3.8) is 0 Å². The number of alkyl halides is 1. The average molecular weight is 265 g/mol. The molecule has 0 aliphatic carbocycles. The van der Waals surface area contributed by atoms with E-state index in [1.165, 1.54) is 10.9 Å². The van der Waals surface area contributed by atoms with Crippen LogP contribution in [0.2, 0.25) is 0 Å². The lowest BCUT2D eigenvalue weighted by molar-refractivity contribution is 0.356. The Hall–Kier alpha value is -1.41. The summed E-state index contributed by atoms with van der Waals surface area (Å²) in [6.07, 6.45) is 2.01. The van der Waals surface area contributed by atoms with Crippen LogP contribution in [0.5, 0.6) is 11.5 Å². The molecule has 0 aliphatic rings. The smallest absolute Gasteiger partial charge is 0.161 e. The van der Waals surface area contributed by atoms with Gasteiger partial charge >= 0.3 is 0 Å². The molecule has 0 aromatic heterocycles. The molecule has 2 aromatic carbocycles. The fraction of sp³-hybridized carbons (Fsp3) is 0.333. The van der Waals surface area contributed by atoms with Gasteiger partial charge in [-0.1, -0.05) is 18.2 Å². The van der Waals surface area contributed by atoms with Gasteiger partial charge in [-0.25, -0.2) is 0 Å². The van der Waals surface area contributed by atoms with E-state index in [1.807, 2.05) is 12.1 Å². The summed E-state index contributed by atoms with van der Waals surface area (Å²) in [5, 5.41) is 2.32. The molecule has 2 rings (SSSR count). The lowest BCUT2D eigenvalue weighted by Crippen LogP contribution is -1.91. The largest absolute Gasteiger partial charge is 0.493 e. The summed E-state index contributed by atoms with van der Waals surface area (Å²) >= 11 is 5.72. The number of rotatable bonds is 5. The summed E-state index contributed by atoms with van der Waals surface area (Å²) in [5.74, 6) is 2.22. The minimum absolute atomic E-state index is 0.698. The summed E-state index contributed by atoms with van der Waals surface area (Å²) in [7, 11) is 3.31. The zero-order valence-corrected chi connectivity index (χ0v) is 11.5. The first-order valence-corrected chi connectivity index (χ1v) is 6.52. The predicted molar refractivity (Wildman–Crippen MR) is 76.1 cm³/mol. The van der Waals surface area contributed by atoms with Crippen molar-refractivity contribution < 1.29 is 9.47 Å². The van der Waals surface area contributed by atoms with Crippen LogP contribution in [0.15, 0.2) is 30.3 Å². The maximum atomic E-state index is 5.72. The van der Waals surface area contributed by atoms with Crippen molar-refractivity contribution in [1.82, 2.24) is 0 Å². The average Bonchev–Trinajstić information content (AvgIpc) is 2.43. The number of ether oxygens (including phenoxy) is 2. The Morgan fingerprint density at radius 3 is 2.22 bits per heavy atom. The highest BCUT2D eigenvalue weighted by Crippen LogP contribution is 2.32. The summed E-state index contributed by atoms with van der Waals surface area (Å²) < 4.78 is 10.6. The second-order valence-corrected chi connectivity index (χ2v) is 4.56. The summed E-state index contributed by atoms with van der Waals surface area (Å²) in [6, 6.07) is 10.4. The molecule has 0 amide bonds.